The second-order valence-corrected chi connectivity index (χ2v) is 6.38. The molecule has 0 saturated carbocycles. The molecule has 8 heteroatoms. The molecule has 0 radical (unpaired) electrons. The summed E-state index contributed by atoms with van der Waals surface area (Å²) in [6, 6.07) is 4.84. The second kappa shape index (κ2) is 6.22. The van der Waals surface area contributed by atoms with Gasteiger partial charge in [0.1, 0.15) is 4.90 Å². The summed E-state index contributed by atoms with van der Waals surface area (Å²) in [5.74, 6) is -2.01. The van der Waals surface area contributed by atoms with E-state index in [0.717, 1.165) is 6.07 Å². The molecule has 1 aromatic carbocycles. The fourth-order valence-corrected chi connectivity index (χ4v) is 3.25. The molecule has 2 atom stereocenters. The van der Waals surface area contributed by atoms with E-state index in [2.05, 4.69) is 4.72 Å². The van der Waals surface area contributed by atoms with Crippen LogP contribution in [0.5, 0.6) is 0 Å². The van der Waals surface area contributed by atoms with Crippen LogP contribution in [0.4, 0.5) is 0 Å². The Morgan fingerprint density at radius 3 is 2.55 bits per heavy atom. The van der Waals surface area contributed by atoms with E-state index in [-0.39, 0.29) is 15.5 Å². The van der Waals surface area contributed by atoms with Crippen LogP contribution in [-0.4, -0.2) is 25.5 Å². The van der Waals surface area contributed by atoms with Gasteiger partial charge in [-0.15, -0.1) is 0 Å². The van der Waals surface area contributed by atoms with Crippen LogP contribution >= 0.6 is 11.6 Å². The van der Waals surface area contributed by atoms with Gasteiger partial charge in [-0.3, -0.25) is 4.79 Å². The average Bonchev–Trinajstić information content (AvgIpc) is 2.37. The predicted octanol–water partition coefficient (Wildman–Crippen LogP) is 1.60. The number of hydrogen-bond acceptors (Lipinski definition) is 4. The van der Waals surface area contributed by atoms with Gasteiger partial charge in [-0.05, 0) is 25.1 Å². The first-order valence-electron chi connectivity index (χ1n) is 5.64. The van der Waals surface area contributed by atoms with Crippen molar-refractivity contribution in [2.24, 2.45) is 5.92 Å². The molecule has 2 N–H and O–H groups in total. The minimum Gasteiger partial charge on any atom is -0.481 e. The Morgan fingerprint density at radius 1 is 1.45 bits per heavy atom. The SMILES string of the molecule is CC(NS(=O)(=O)c1cc(C#N)ccc1Cl)C(C)C(=O)O. The van der Waals surface area contributed by atoms with Crippen molar-refractivity contribution in [3.05, 3.63) is 28.8 Å². The molecular formula is C12H13ClN2O4S. The Balaban J connectivity index is 3.12. The molecule has 2 unspecified atom stereocenters. The number of hydrogen-bond donors (Lipinski definition) is 2. The van der Waals surface area contributed by atoms with Crippen molar-refractivity contribution < 1.29 is 18.3 Å². The summed E-state index contributed by atoms with van der Waals surface area (Å²) >= 11 is 5.82. The van der Waals surface area contributed by atoms with Crippen molar-refractivity contribution in [2.75, 3.05) is 0 Å². The van der Waals surface area contributed by atoms with Crippen LogP contribution in [0.1, 0.15) is 19.4 Å². The molecule has 0 aromatic heterocycles. The van der Waals surface area contributed by atoms with Gasteiger partial charge in [0, 0.05) is 6.04 Å². The van der Waals surface area contributed by atoms with Gasteiger partial charge in [0.25, 0.3) is 0 Å². The van der Waals surface area contributed by atoms with E-state index in [1.807, 2.05) is 6.07 Å². The van der Waals surface area contributed by atoms with E-state index in [9.17, 15) is 13.2 Å². The van der Waals surface area contributed by atoms with E-state index in [1.165, 1.54) is 26.0 Å². The van der Waals surface area contributed by atoms with Crippen LogP contribution in [0.15, 0.2) is 23.1 Å². The average molecular weight is 317 g/mol. The van der Waals surface area contributed by atoms with Gasteiger partial charge in [-0.1, -0.05) is 18.5 Å². The van der Waals surface area contributed by atoms with Crippen molar-refractivity contribution in [3.63, 3.8) is 0 Å². The minimum atomic E-state index is -4.00. The zero-order valence-electron chi connectivity index (χ0n) is 10.8. The third kappa shape index (κ3) is 3.70. The van der Waals surface area contributed by atoms with Gasteiger partial charge >= 0.3 is 5.97 Å². The number of carboxylic acids is 1. The summed E-state index contributed by atoms with van der Waals surface area (Å²) < 4.78 is 26.6. The van der Waals surface area contributed by atoms with Crippen LogP contribution in [0, 0.1) is 17.2 Å². The van der Waals surface area contributed by atoms with Crippen LogP contribution in [0.25, 0.3) is 0 Å². The van der Waals surface area contributed by atoms with E-state index >= 15 is 0 Å². The first kappa shape index (κ1) is 16.4. The maximum Gasteiger partial charge on any atom is 0.307 e. The summed E-state index contributed by atoms with van der Waals surface area (Å²) in [6.07, 6.45) is 0. The normalized spacial score (nSPS) is 14.3. The van der Waals surface area contributed by atoms with Crippen molar-refractivity contribution in [1.29, 1.82) is 5.26 Å². The summed E-state index contributed by atoms with van der Waals surface area (Å²) in [5.41, 5.74) is 0.147. The maximum absolute atomic E-state index is 12.2. The number of nitrogens with one attached hydrogen (secondary N) is 1. The zero-order chi connectivity index (χ0) is 15.5. The highest BCUT2D eigenvalue weighted by molar-refractivity contribution is 7.89. The van der Waals surface area contributed by atoms with Gasteiger partial charge < -0.3 is 5.11 Å². The van der Waals surface area contributed by atoms with Crippen LogP contribution < -0.4 is 4.72 Å². The maximum atomic E-state index is 12.2. The van der Waals surface area contributed by atoms with Gasteiger partial charge in [0.15, 0.2) is 0 Å². The van der Waals surface area contributed by atoms with Crippen LogP contribution in [0.3, 0.4) is 0 Å². The Bertz CT molecular complexity index is 667. The number of sulfonamides is 1. The molecule has 0 aliphatic heterocycles. The third-order valence-corrected chi connectivity index (χ3v) is 4.87. The summed E-state index contributed by atoms with van der Waals surface area (Å²) in [7, 11) is -4.00. The van der Waals surface area contributed by atoms with Crippen molar-refractivity contribution in [1.82, 2.24) is 4.72 Å². The number of carbonyl (C=O) groups is 1. The van der Waals surface area contributed by atoms with Gasteiger partial charge in [0.2, 0.25) is 10.0 Å². The smallest absolute Gasteiger partial charge is 0.307 e. The molecule has 0 aliphatic rings. The largest absolute Gasteiger partial charge is 0.481 e. The predicted molar refractivity (Wildman–Crippen MR) is 72.8 cm³/mol. The molecule has 0 spiro atoms. The first-order valence-corrected chi connectivity index (χ1v) is 7.50. The highest BCUT2D eigenvalue weighted by atomic mass is 35.5. The number of nitrogens with zero attached hydrogens (tertiary/aromatic N) is 1. The van der Waals surface area contributed by atoms with Crippen molar-refractivity contribution in [3.8, 4) is 6.07 Å². The third-order valence-electron chi connectivity index (χ3n) is 2.83. The molecule has 1 rings (SSSR count). The van der Waals surface area contributed by atoms with E-state index in [0.29, 0.717) is 0 Å². The molecular weight excluding hydrogens is 304 g/mol. The molecule has 108 valence electrons. The quantitative estimate of drug-likeness (QED) is 0.858. The van der Waals surface area contributed by atoms with Gasteiger partial charge in [0.05, 0.1) is 22.6 Å². The lowest BCUT2D eigenvalue weighted by Gasteiger charge is -2.18. The van der Waals surface area contributed by atoms with Crippen LogP contribution in [-0.2, 0) is 14.8 Å². The fourth-order valence-electron chi connectivity index (χ4n) is 1.40. The Labute approximate surface area is 122 Å². The lowest BCUT2D eigenvalue weighted by molar-refractivity contribution is -0.141. The summed E-state index contributed by atoms with van der Waals surface area (Å²) in [5, 5.41) is 17.6. The molecule has 0 saturated heterocycles. The Kier molecular flexibility index (Phi) is 5.11. The number of benzene rings is 1. The molecule has 0 heterocycles. The van der Waals surface area contributed by atoms with E-state index in [1.54, 1.807) is 0 Å². The number of halogens is 1. The molecule has 1 aromatic rings. The van der Waals surface area contributed by atoms with E-state index < -0.39 is 28.0 Å². The molecule has 0 amide bonds. The number of nitriles is 1. The monoisotopic (exact) mass is 316 g/mol. The molecule has 6 nitrogen and oxygen atoms in total. The second-order valence-electron chi connectivity index (χ2n) is 4.29. The molecule has 0 aliphatic carbocycles. The van der Waals surface area contributed by atoms with Crippen molar-refractivity contribution in [2.45, 2.75) is 24.8 Å². The van der Waals surface area contributed by atoms with E-state index in [4.69, 9.17) is 22.0 Å². The minimum absolute atomic E-state index is 0.0355. The topological polar surface area (TPSA) is 107 Å². The number of carboxylic acid groups (broad SMARTS) is 1. The summed E-state index contributed by atoms with van der Waals surface area (Å²) in [4.78, 5) is 10.6. The Hall–Kier alpha value is -1.62. The number of rotatable bonds is 5. The van der Waals surface area contributed by atoms with Crippen LogP contribution in [0.2, 0.25) is 5.02 Å². The molecule has 0 fully saturated rings. The highest BCUT2D eigenvalue weighted by Crippen LogP contribution is 2.23. The summed E-state index contributed by atoms with van der Waals surface area (Å²) in [6.45, 7) is 2.83. The molecule has 20 heavy (non-hydrogen) atoms. The first-order chi connectivity index (χ1) is 9.19. The molecule has 0 bridgehead atoms. The van der Waals surface area contributed by atoms with Gasteiger partial charge in [-0.2, -0.15) is 5.26 Å². The Morgan fingerprint density at radius 2 is 2.05 bits per heavy atom. The lowest BCUT2D eigenvalue weighted by Crippen LogP contribution is -2.40. The highest BCUT2D eigenvalue weighted by Gasteiger charge is 2.26. The number of aliphatic carboxylic acids is 1. The lowest BCUT2D eigenvalue weighted by atomic mass is 10.1. The van der Waals surface area contributed by atoms with Crippen molar-refractivity contribution >= 4 is 27.6 Å². The standard InChI is InChI=1S/C12H13ClN2O4S/c1-7(12(16)17)8(2)15-20(18,19)11-5-9(6-14)3-4-10(11)13/h3-5,7-8,15H,1-2H3,(H,16,17). The zero-order valence-corrected chi connectivity index (χ0v) is 12.4. The van der Waals surface area contributed by atoms with Gasteiger partial charge in [-0.25, -0.2) is 13.1 Å². The fraction of sp³-hybridized carbons (Fsp3) is 0.333.